The summed E-state index contributed by atoms with van der Waals surface area (Å²) in [6.07, 6.45) is 6.42. The summed E-state index contributed by atoms with van der Waals surface area (Å²) in [5.74, 6) is 0.252. The molecule has 1 aliphatic carbocycles. The first-order valence-electron chi connectivity index (χ1n) is 7.19. The highest BCUT2D eigenvalue weighted by atomic mass is 35.5. The van der Waals surface area contributed by atoms with Crippen molar-refractivity contribution in [2.75, 3.05) is 6.54 Å². The van der Waals surface area contributed by atoms with Crippen molar-refractivity contribution in [3.8, 4) is 0 Å². The standard InChI is InChI=1S/C14H16ClN3O3/c15-13-7-10(12(8-16-13)18(20)21)14(19)17-6-2-4-9-3-1-5-11(9)17/h7-9,11H,1-6H2. The molecule has 2 fully saturated rings. The van der Waals surface area contributed by atoms with Gasteiger partial charge in [0, 0.05) is 12.6 Å². The van der Waals surface area contributed by atoms with Crippen LogP contribution in [0, 0.1) is 16.0 Å². The largest absolute Gasteiger partial charge is 0.335 e. The molecule has 0 bridgehead atoms. The topological polar surface area (TPSA) is 76.3 Å². The van der Waals surface area contributed by atoms with Crippen molar-refractivity contribution in [1.82, 2.24) is 9.88 Å². The van der Waals surface area contributed by atoms with E-state index in [-0.39, 0.29) is 28.4 Å². The Balaban J connectivity index is 1.94. The highest BCUT2D eigenvalue weighted by Gasteiger charge is 2.39. The lowest BCUT2D eigenvalue weighted by atomic mass is 9.91. The molecule has 7 heteroatoms. The van der Waals surface area contributed by atoms with Crippen molar-refractivity contribution in [3.05, 3.63) is 33.1 Å². The Kier molecular flexibility index (Phi) is 3.80. The highest BCUT2D eigenvalue weighted by molar-refractivity contribution is 6.29. The van der Waals surface area contributed by atoms with Crippen LogP contribution in [0.2, 0.25) is 5.15 Å². The average molecular weight is 310 g/mol. The van der Waals surface area contributed by atoms with Gasteiger partial charge in [-0.15, -0.1) is 0 Å². The number of halogens is 1. The number of hydrogen-bond acceptors (Lipinski definition) is 4. The van der Waals surface area contributed by atoms with Gasteiger partial charge in [-0.05, 0) is 37.7 Å². The van der Waals surface area contributed by atoms with Gasteiger partial charge in [0.2, 0.25) is 0 Å². The first-order valence-corrected chi connectivity index (χ1v) is 7.56. The fourth-order valence-electron chi connectivity index (χ4n) is 3.60. The Bertz CT molecular complexity index is 593. The summed E-state index contributed by atoms with van der Waals surface area (Å²) in [5, 5.41) is 11.2. The zero-order valence-electron chi connectivity index (χ0n) is 11.5. The number of carbonyl (C=O) groups is 1. The Morgan fingerprint density at radius 2 is 2.14 bits per heavy atom. The molecule has 1 aromatic rings. The van der Waals surface area contributed by atoms with E-state index in [4.69, 9.17) is 11.6 Å². The molecule has 2 heterocycles. The average Bonchev–Trinajstić information content (AvgIpc) is 2.94. The maximum absolute atomic E-state index is 12.8. The van der Waals surface area contributed by atoms with Crippen LogP contribution in [0.3, 0.4) is 0 Å². The van der Waals surface area contributed by atoms with E-state index in [1.807, 2.05) is 0 Å². The number of likely N-dealkylation sites (tertiary alicyclic amines) is 1. The molecule has 0 aromatic carbocycles. The SMILES string of the molecule is O=C(c1cc(Cl)ncc1[N+](=O)[O-])N1CCCC2CCCC21. The molecule has 6 nitrogen and oxygen atoms in total. The number of carbonyl (C=O) groups excluding carboxylic acids is 1. The first kappa shape index (κ1) is 14.3. The van der Waals surface area contributed by atoms with Crippen LogP contribution < -0.4 is 0 Å². The van der Waals surface area contributed by atoms with Gasteiger partial charge < -0.3 is 4.90 Å². The third-order valence-corrected chi connectivity index (χ3v) is 4.74. The van der Waals surface area contributed by atoms with E-state index in [9.17, 15) is 14.9 Å². The van der Waals surface area contributed by atoms with E-state index in [0.717, 1.165) is 38.3 Å². The lowest BCUT2D eigenvalue weighted by Crippen LogP contribution is -2.46. The van der Waals surface area contributed by atoms with Crippen LogP contribution in [0.1, 0.15) is 42.5 Å². The van der Waals surface area contributed by atoms with Crippen LogP contribution in [0.25, 0.3) is 0 Å². The molecule has 112 valence electrons. The predicted molar refractivity (Wildman–Crippen MR) is 77.3 cm³/mol. The minimum Gasteiger partial charge on any atom is -0.335 e. The molecule has 2 aliphatic rings. The predicted octanol–water partition coefficient (Wildman–Crippen LogP) is 3.05. The summed E-state index contributed by atoms with van der Waals surface area (Å²) in [7, 11) is 0. The maximum atomic E-state index is 12.8. The summed E-state index contributed by atoms with van der Waals surface area (Å²) in [6.45, 7) is 0.664. The number of nitro groups is 1. The van der Waals surface area contributed by atoms with Crippen molar-refractivity contribution in [2.45, 2.75) is 38.1 Å². The molecule has 1 saturated heterocycles. The van der Waals surface area contributed by atoms with Crippen molar-refractivity contribution in [1.29, 1.82) is 0 Å². The van der Waals surface area contributed by atoms with Crippen LogP contribution >= 0.6 is 11.6 Å². The second-order valence-corrected chi connectivity index (χ2v) is 6.07. The van der Waals surface area contributed by atoms with E-state index in [1.54, 1.807) is 4.90 Å². The monoisotopic (exact) mass is 309 g/mol. The molecular formula is C14H16ClN3O3. The third kappa shape index (κ3) is 2.60. The minimum atomic E-state index is -0.577. The van der Waals surface area contributed by atoms with Crippen molar-refractivity contribution >= 4 is 23.2 Å². The molecule has 1 aliphatic heterocycles. The molecule has 1 saturated carbocycles. The van der Waals surface area contributed by atoms with Crippen molar-refractivity contribution in [2.24, 2.45) is 5.92 Å². The number of hydrogen-bond donors (Lipinski definition) is 0. The number of nitrogens with zero attached hydrogens (tertiary/aromatic N) is 3. The molecule has 3 rings (SSSR count). The Hall–Kier alpha value is -1.69. The lowest BCUT2D eigenvalue weighted by molar-refractivity contribution is -0.385. The van der Waals surface area contributed by atoms with Crippen LogP contribution in [-0.4, -0.2) is 33.3 Å². The number of pyridine rings is 1. The van der Waals surface area contributed by atoms with Gasteiger partial charge >= 0.3 is 0 Å². The highest BCUT2D eigenvalue weighted by Crippen LogP contribution is 2.38. The number of piperidine rings is 1. The number of fused-ring (bicyclic) bond motifs is 1. The Morgan fingerprint density at radius 3 is 2.90 bits per heavy atom. The normalized spacial score (nSPS) is 24.7. The van der Waals surface area contributed by atoms with Gasteiger partial charge in [-0.25, -0.2) is 4.98 Å². The van der Waals surface area contributed by atoms with E-state index in [1.165, 1.54) is 6.07 Å². The smallest absolute Gasteiger partial charge is 0.300 e. The van der Waals surface area contributed by atoms with Crippen molar-refractivity contribution in [3.63, 3.8) is 0 Å². The van der Waals surface area contributed by atoms with E-state index in [2.05, 4.69) is 4.98 Å². The first-order chi connectivity index (χ1) is 10.1. The zero-order valence-corrected chi connectivity index (χ0v) is 12.3. The van der Waals surface area contributed by atoms with Gasteiger partial charge in [-0.2, -0.15) is 0 Å². The van der Waals surface area contributed by atoms with Gasteiger partial charge in [-0.1, -0.05) is 18.0 Å². The van der Waals surface area contributed by atoms with Crippen LogP contribution in [0.15, 0.2) is 12.3 Å². The van der Waals surface area contributed by atoms with Crippen LogP contribution in [0.4, 0.5) is 5.69 Å². The molecule has 0 spiro atoms. The summed E-state index contributed by atoms with van der Waals surface area (Å²) in [4.78, 5) is 28.8. The molecule has 1 amide bonds. The molecule has 2 unspecified atom stereocenters. The third-order valence-electron chi connectivity index (χ3n) is 4.53. The maximum Gasteiger partial charge on any atom is 0.300 e. The van der Waals surface area contributed by atoms with E-state index >= 15 is 0 Å². The zero-order chi connectivity index (χ0) is 15.0. The van der Waals surface area contributed by atoms with Gasteiger partial charge in [0.1, 0.15) is 16.9 Å². The Morgan fingerprint density at radius 1 is 1.38 bits per heavy atom. The molecule has 1 aromatic heterocycles. The summed E-state index contributed by atoms with van der Waals surface area (Å²) in [6, 6.07) is 1.53. The number of aromatic nitrogens is 1. The van der Waals surface area contributed by atoms with Crippen molar-refractivity contribution < 1.29 is 9.72 Å². The fourth-order valence-corrected chi connectivity index (χ4v) is 3.76. The number of rotatable bonds is 2. The van der Waals surface area contributed by atoms with Gasteiger partial charge in [0.15, 0.2) is 0 Å². The molecule has 21 heavy (non-hydrogen) atoms. The fraction of sp³-hybridized carbons (Fsp3) is 0.571. The molecule has 0 radical (unpaired) electrons. The summed E-state index contributed by atoms with van der Waals surface area (Å²) < 4.78 is 0. The van der Waals surface area contributed by atoms with E-state index < -0.39 is 4.92 Å². The second kappa shape index (κ2) is 5.60. The van der Waals surface area contributed by atoms with Gasteiger partial charge in [0.25, 0.3) is 11.6 Å². The molecule has 0 N–H and O–H groups in total. The van der Waals surface area contributed by atoms with Crippen LogP contribution in [0.5, 0.6) is 0 Å². The summed E-state index contributed by atoms with van der Waals surface area (Å²) >= 11 is 5.81. The van der Waals surface area contributed by atoms with Crippen LogP contribution in [-0.2, 0) is 0 Å². The number of amides is 1. The van der Waals surface area contributed by atoms with E-state index in [0.29, 0.717) is 12.5 Å². The quantitative estimate of drug-likeness (QED) is 0.478. The Labute approximate surface area is 127 Å². The lowest BCUT2D eigenvalue weighted by Gasteiger charge is -2.37. The van der Waals surface area contributed by atoms with Gasteiger partial charge in [0.05, 0.1) is 4.92 Å². The molecular weight excluding hydrogens is 294 g/mol. The summed E-state index contributed by atoms with van der Waals surface area (Å²) in [5.41, 5.74) is -0.225. The molecule has 2 atom stereocenters. The van der Waals surface area contributed by atoms with Gasteiger partial charge in [-0.3, -0.25) is 14.9 Å². The second-order valence-electron chi connectivity index (χ2n) is 5.68. The minimum absolute atomic E-state index is 0.0487.